The fourth-order valence-corrected chi connectivity index (χ4v) is 4.50. The molecule has 206 valence electrons. The van der Waals surface area contributed by atoms with E-state index in [-0.39, 0.29) is 23.9 Å². The smallest absolute Gasteiger partial charge is 0.408 e. The van der Waals surface area contributed by atoms with E-state index in [0.717, 1.165) is 12.8 Å². The minimum Gasteiger partial charge on any atom is -0.444 e. The van der Waals surface area contributed by atoms with Gasteiger partial charge in [0.15, 0.2) is 0 Å². The molecule has 0 aromatic heterocycles. The largest absolute Gasteiger partial charge is 0.444 e. The summed E-state index contributed by atoms with van der Waals surface area (Å²) >= 11 is 1.58. The van der Waals surface area contributed by atoms with Gasteiger partial charge in [-0.05, 0) is 77.5 Å². The van der Waals surface area contributed by atoms with E-state index >= 15 is 0 Å². The number of carbonyl (C=O) groups excluding carboxylic acids is 3. The zero-order chi connectivity index (χ0) is 28.2. The molecule has 1 rings (SSSR count). The molecule has 0 saturated heterocycles. The van der Waals surface area contributed by atoms with Crippen LogP contribution < -0.4 is 10.6 Å². The van der Waals surface area contributed by atoms with E-state index in [1.807, 2.05) is 39.2 Å². The van der Waals surface area contributed by atoms with Crippen molar-refractivity contribution in [2.45, 2.75) is 104 Å². The molecule has 4 atom stereocenters. The van der Waals surface area contributed by atoms with E-state index in [0.29, 0.717) is 29.7 Å². The summed E-state index contributed by atoms with van der Waals surface area (Å²) in [5, 5.41) is 5.85. The predicted molar refractivity (Wildman–Crippen MR) is 152 cm³/mol. The van der Waals surface area contributed by atoms with Crippen LogP contribution in [0.25, 0.3) is 0 Å². The number of amides is 3. The second kappa shape index (κ2) is 15.6. The second-order valence-electron chi connectivity index (χ2n) is 10.3. The lowest BCUT2D eigenvalue weighted by Crippen LogP contribution is -2.56. The van der Waals surface area contributed by atoms with Crippen LogP contribution in [0.5, 0.6) is 0 Å². The minimum absolute atomic E-state index is 0.0703. The van der Waals surface area contributed by atoms with Crippen LogP contribution in [0.4, 0.5) is 4.79 Å². The summed E-state index contributed by atoms with van der Waals surface area (Å²) in [6, 6.07) is 5.01. The molecule has 0 radical (unpaired) electrons. The van der Waals surface area contributed by atoms with Gasteiger partial charge < -0.3 is 20.3 Å². The van der Waals surface area contributed by atoms with Gasteiger partial charge in [0, 0.05) is 17.6 Å². The van der Waals surface area contributed by atoms with Gasteiger partial charge in [0.1, 0.15) is 17.7 Å². The van der Waals surface area contributed by atoms with Crippen LogP contribution in [0, 0.1) is 12.3 Å². The maximum Gasteiger partial charge on any atom is 0.408 e. The average Bonchev–Trinajstić information content (AvgIpc) is 2.83. The van der Waals surface area contributed by atoms with Gasteiger partial charge in [0.25, 0.3) is 0 Å². The van der Waals surface area contributed by atoms with E-state index < -0.39 is 23.8 Å². The lowest BCUT2D eigenvalue weighted by Gasteiger charge is -2.39. The molecule has 8 heteroatoms. The van der Waals surface area contributed by atoms with Gasteiger partial charge in [-0.3, -0.25) is 9.59 Å². The van der Waals surface area contributed by atoms with Crippen molar-refractivity contribution in [3.8, 4) is 12.3 Å². The number of alkyl carbamates (subject to hydrolysis) is 1. The summed E-state index contributed by atoms with van der Waals surface area (Å²) in [6.45, 7) is 13.2. The fraction of sp³-hybridized carbons (Fsp3) is 0.621. The standard InChI is InChI=1S/C29H45N3O4S/c1-10-15-20(4)30-26(33)25(23-17-14-13-16-22(23)12-3)32(21(5)11-2)27(34)24(18-19-37-9)31-28(35)36-29(6,7)8/h3,13-14,16-17,20-21,24-25H,10-11,15,18-19H2,1-2,4-9H3,(H,30,33)(H,31,35). The zero-order valence-electron chi connectivity index (χ0n) is 23.7. The Bertz CT molecular complexity index is 938. The quantitative estimate of drug-likeness (QED) is 0.338. The van der Waals surface area contributed by atoms with Crippen molar-refractivity contribution >= 4 is 29.7 Å². The number of hydrogen-bond donors (Lipinski definition) is 2. The maximum atomic E-state index is 14.2. The van der Waals surface area contributed by atoms with Crippen molar-refractivity contribution in [2.75, 3.05) is 12.0 Å². The molecule has 7 nitrogen and oxygen atoms in total. The highest BCUT2D eigenvalue weighted by atomic mass is 32.2. The molecule has 0 spiro atoms. The van der Waals surface area contributed by atoms with Crippen LogP contribution in [-0.4, -0.2) is 58.5 Å². The number of terminal acetylenes is 1. The van der Waals surface area contributed by atoms with Crippen molar-refractivity contribution < 1.29 is 19.1 Å². The average molecular weight is 532 g/mol. The van der Waals surface area contributed by atoms with Crippen LogP contribution in [0.2, 0.25) is 0 Å². The molecular weight excluding hydrogens is 486 g/mol. The molecule has 2 N–H and O–H groups in total. The molecule has 3 amide bonds. The van der Waals surface area contributed by atoms with E-state index in [9.17, 15) is 14.4 Å². The van der Waals surface area contributed by atoms with Crippen molar-refractivity contribution in [1.82, 2.24) is 15.5 Å². The Morgan fingerprint density at radius 2 is 1.76 bits per heavy atom. The first-order valence-electron chi connectivity index (χ1n) is 13.1. The van der Waals surface area contributed by atoms with Crippen LogP contribution >= 0.6 is 11.8 Å². The Morgan fingerprint density at radius 1 is 1.11 bits per heavy atom. The fourth-order valence-electron chi connectivity index (χ4n) is 4.03. The highest BCUT2D eigenvalue weighted by Crippen LogP contribution is 2.29. The lowest BCUT2D eigenvalue weighted by molar-refractivity contribution is -0.145. The van der Waals surface area contributed by atoms with Crippen LogP contribution in [0.1, 0.15) is 91.3 Å². The lowest BCUT2D eigenvalue weighted by atomic mass is 9.95. The molecule has 0 aliphatic rings. The Labute approximate surface area is 227 Å². The van der Waals surface area contributed by atoms with E-state index in [2.05, 4.69) is 23.5 Å². The number of nitrogens with zero attached hydrogens (tertiary/aromatic N) is 1. The summed E-state index contributed by atoms with van der Waals surface area (Å²) in [4.78, 5) is 42.3. The van der Waals surface area contributed by atoms with E-state index in [4.69, 9.17) is 11.2 Å². The summed E-state index contributed by atoms with van der Waals surface area (Å²) in [7, 11) is 0. The van der Waals surface area contributed by atoms with Gasteiger partial charge in [-0.2, -0.15) is 11.8 Å². The highest BCUT2D eigenvalue weighted by Gasteiger charge is 2.39. The molecule has 37 heavy (non-hydrogen) atoms. The first-order chi connectivity index (χ1) is 17.4. The highest BCUT2D eigenvalue weighted by molar-refractivity contribution is 7.98. The van der Waals surface area contributed by atoms with Crippen LogP contribution in [0.3, 0.4) is 0 Å². The number of thioether (sulfide) groups is 1. The summed E-state index contributed by atoms with van der Waals surface area (Å²) in [6.07, 6.45) is 9.81. The number of carbonyl (C=O) groups is 3. The van der Waals surface area contributed by atoms with Crippen molar-refractivity contribution in [1.29, 1.82) is 0 Å². The molecule has 4 unspecified atom stereocenters. The monoisotopic (exact) mass is 531 g/mol. The van der Waals surface area contributed by atoms with Gasteiger partial charge in [-0.1, -0.05) is 44.4 Å². The topological polar surface area (TPSA) is 87.7 Å². The molecular formula is C29H45N3O4S. The Hall–Kier alpha value is -2.66. The SMILES string of the molecule is C#Cc1ccccc1C(C(=O)NC(C)CCC)N(C(=O)C(CCSC)NC(=O)OC(C)(C)C)C(C)CC. The third-order valence-corrected chi connectivity index (χ3v) is 6.61. The second-order valence-corrected chi connectivity index (χ2v) is 11.3. The number of hydrogen-bond acceptors (Lipinski definition) is 5. The molecule has 0 aliphatic heterocycles. The minimum atomic E-state index is -0.953. The van der Waals surface area contributed by atoms with Crippen molar-refractivity contribution in [2.24, 2.45) is 0 Å². The van der Waals surface area contributed by atoms with Crippen molar-refractivity contribution in [3.63, 3.8) is 0 Å². The Morgan fingerprint density at radius 3 is 2.30 bits per heavy atom. The molecule has 0 heterocycles. The first-order valence-corrected chi connectivity index (χ1v) is 14.5. The number of rotatable bonds is 13. The molecule has 1 aromatic rings. The van der Waals surface area contributed by atoms with E-state index in [1.165, 1.54) is 0 Å². The van der Waals surface area contributed by atoms with E-state index in [1.54, 1.807) is 49.6 Å². The predicted octanol–water partition coefficient (Wildman–Crippen LogP) is 5.29. The molecule has 1 aromatic carbocycles. The maximum absolute atomic E-state index is 14.2. The van der Waals surface area contributed by atoms with Crippen LogP contribution in [0.15, 0.2) is 24.3 Å². The first kappa shape index (κ1) is 32.4. The van der Waals surface area contributed by atoms with Crippen molar-refractivity contribution in [3.05, 3.63) is 35.4 Å². The molecule has 0 saturated carbocycles. The zero-order valence-corrected chi connectivity index (χ0v) is 24.5. The van der Waals surface area contributed by atoms with Gasteiger partial charge in [-0.15, -0.1) is 6.42 Å². The normalized spacial score (nSPS) is 14.5. The summed E-state index contributed by atoms with van der Waals surface area (Å²) in [5.41, 5.74) is 0.422. The Kier molecular flexibility index (Phi) is 13.6. The van der Waals surface area contributed by atoms with Gasteiger partial charge in [0.2, 0.25) is 11.8 Å². The third kappa shape index (κ3) is 10.3. The molecule has 0 bridgehead atoms. The number of ether oxygens (including phenoxy) is 1. The summed E-state index contributed by atoms with van der Waals surface area (Å²) < 4.78 is 5.44. The van der Waals surface area contributed by atoms with Gasteiger partial charge in [0.05, 0.1) is 0 Å². The summed E-state index contributed by atoms with van der Waals surface area (Å²) in [5.74, 6) is 2.68. The number of benzene rings is 1. The van der Waals surface area contributed by atoms with Crippen LogP contribution in [-0.2, 0) is 14.3 Å². The van der Waals surface area contributed by atoms with Gasteiger partial charge in [-0.25, -0.2) is 4.79 Å². The third-order valence-electron chi connectivity index (χ3n) is 5.97. The Balaban J connectivity index is 3.60. The number of nitrogens with one attached hydrogen (secondary N) is 2. The molecule has 0 aliphatic carbocycles. The van der Waals surface area contributed by atoms with Gasteiger partial charge >= 0.3 is 6.09 Å². The molecule has 0 fully saturated rings.